The summed E-state index contributed by atoms with van der Waals surface area (Å²) in [4.78, 5) is 7.88. The van der Waals surface area contributed by atoms with Crippen LogP contribution in [0.1, 0.15) is 11.8 Å². The maximum Gasteiger partial charge on any atom is 0.164 e. The highest BCUT2D eigenvalue weighted by Gasteiger charge is 2.44. The monoisotopic (exact) mass is 291 g/mol. The minimum Gasteiger partial charge on any atom is -0.394 e. The van der Waals surface area contributed by atoms with Crippen LogP contribution in [0.4, 0.5) is 5.82 Å². The van der Waals surface area contributed by atoms with Gasteiger partial charge in [0.2, 0.25) is 0 Å². The third-order valence-corrected chi connectivity index (χ3v) is 3.55. The molecule has 5 N–H and O–H groups in total. The van der Waals surface area contributed by atoms with E-state index in [9.17, 15) is 10.2 Å². The average molecular weight is 291 g/mol. The quantitative estimate of drug-likeness (QED) is 0.521. The van der Waals surface area contributed by atoms with Crippen molar-refractivity contribution < 1.29 is 20.1 Å². The molecule has 1 saturated heterocycles. The fourth-order valence-corrected chi connectivity index (χ4v) is 2.50. The first-order valence-electron chi connectivity index (χ1n) is 6.22. The van der Waals surface area contributed by atoms with Crippen LogP contribution in [0, 0.1) is 11.3 Å². The van der Waals surface area contributed by atoms with Crippen LogP contribution in [0.25, 0.3) is 11.0 Å². The van der Waals surface area contributed by atoms with Gasteiger partial charge in [-0.2, -0.15) is 5.26 Å². The Morgan fingerprint density at radius 3 is 2.76 bits per heavy atom. The summed E-state index contributed by atoms with van der Waals surface area (Å²) >= 11 is 0. The van der Waals surface area contributed by atoms with Crippen molar-refractivity contribution in [2.45, 2.75) is 24.5 Å². The number of nitrogens with zero attached hydrogens (tertiary/aromatic N) is 4. The molecule has 0 bridgehead atoms. The van der Waals surface area contributed by atoms with Gasteiger partial charge in [0.05, 0.1) is 17.6 Å². The largest absolute Gasteiger partial charge is 0.394 e. The second kappa shape index (κ2) is 4.94. The van der Waals surface area contributed by atoms with E-state index in [-0.39, 0.29) is 11.4 Å². The molecule has 3 heterocycles. The van der Waals surface area contributed by atoms with Crippen LogP contribution in [0.2, 0.25) is 0 Å². The summed E-state index contributed by atoms with van der Waals surface area (Å²) in [6, 6.07) is 1.98. The maximum atomic E-state index is 10.1. The summed E-state index contributed by atoms with van der Waals surface area (Å²) in [7, 11) is 0. The molecule has 9 nitrogen and oxygen atoms in total. The molecule has 1 aliphatic heterocycles. The number of hydrogen-bond acceptors (Lipinski definition) is 8. The summed E-state index contributed by atoms with van der Waals surface area (Å²) in [5, 5.41) is 38.5. The predicted molar refractivity (Wildman–Crippen MR) is 69.7 cm³/mol. The number of hydrogen-bond donors (Lipinski definition) is 4. The van der Waals surface area contributed by atoms with Crippen molar-refractivity contribution in [3.8, 4) is 6.07 Å². The summed E-state index contributed by atoms with van der Waals surface area (Å²) < 4.78 is 6.84. The molecule has 1 fully saturated rings. The molecule has 3 rings (SSSR count). The molecule has 9 heteroatoms. The Bertz CT molecular complexity index is 724. The molecule has 0 saturated carbocycles. The van der Waals surface area contributed by atoms with E-state index >= 15 is 0 Å². The number of rotatable bonds is 2. The number of nitriles is 1. The number of aliphatic hydroxyl groups is 3. The minimum absolute atomic E-state index is 0.141. The Kier molecular flexibility index (Phi) is 3.23. The van der Waals surface area contributed by atoms with E-state index in [2.05, 4.69) is 9.97 Å². The van der Waals surface area contributed by atoms with Crippen LogP contribution in [-0.2, 0) is 4.74 Å². The summed E-state index contributed by atoms with van der Waals surface area (Å²) in [6.07, 6.45) is -1.72. The molecule has 0 aromatic carbocycles. The minimum atomic E-state index is -1.26. The standard InChI is InChI=1S/C12H13N5O4/c13-1-5-2-17(11-7(5)10(14)15-4-16-11)12-9(20)8(19)6(3-18)21-12/h2,4,6,8-9,12,18-20H,3H2,(H2,14,15,16)/t6-,8+,9+,12-/m1/s1. The second-order valence-corrected chi connectivity index (χ2v) is 4.75. The molecule has 4 atom stereocenters. The van der Waals surface area contributed by atoms with Crippen molar-refractivity contribution in [3.63, 3.8) is 0 Å². The van der Waals surface area contributed by atoms with Crippen molar-refractivity contribution >= 4 is 16.9 Å². The van der Waals surface area contributed by atoms with Crippen molar-refractivity contribution in [2.24, 2.45) is 0 Å². The predicted octanol–water partition coefficient (Wildman–Crippen LogP) is -1.50. The fourth-order valence-electron chi connectivity index (χ4n) is 2.50. The molecule has 0 amide bonds. The molecule has 0 spiro atoms. The van der Waals surface area contributed by atoms with Gasteiger partial charge in [-0.05, 0) is 0 Å². The normalized spacial score (nSPS) is 28.9. The summed E-state index contributed by atoms with van der Waals surface area (Å²) in [5.74, 6) is 0.141. The molecule has 21 heavy (non-hydrogen) atoms. The Morgan fingerprint density at radius 1 is 1.38 bits per heavy atom. The van der Waals surface area contributed by atoms with E-state index in [1.807, 2.05) is 6.07 Å². The molecular weight excluding hydrogens is 278 g/mol. The van der Waals surface area contributed by atoms with Crippen molar-refractivity contribution in [2.75, 3.05) is 12.3 Å². The number of fused-ring (bicyclic) bond motifs is 1. The zero-order valence-electron chi connectivity index (χ0n) is 10.8. The molecule has 0 aliphatic carbocycles. The maximum absolute atomic E-state index is 10.1. The zero-order valence-corrected chi connectivity index (χ0v) is 10.8. The van der Waals surface area contributed by atoms with Crippen molar-refractivity contribution in [3.05, 3.63) is 18.1 Å². The van der Waals surface area contributed by atoms with E-state index in [1.165, 1.54) is 17.1 Å². The van der Waals surface area contributed by atoms with E-state index in [0.29, 0.717) is 11.0 Å². The number of nitrogen functional groups attached to an aromatic ring is 1. The average Bonchev–Trinajstić information content (AvgIpc) is 2.99. The Morgan fingerprint density at radius 2 is 2.14 bits per heavy atom. The van der Waals surface area contributed by atoms with Gasteiger partial charge >= 0.3 is 0 Å². The smallest absolute Gasteiger partial charge is 0.164 e. The number of anilines is 1. The Hall–Kier alpha value is -2.25. The van der Waals surface area contributed by atoms with E-state index < -0.39 is 31.1 Å². The van der Waals surface area contributed by atoms with Gasteiger partial charge in [0, 0.05) is 6.20 Å². The molecule has 2 aromatic heterocycles. The van der Waals surface area contributed by atoms with Crippen LogP contribution in [0.5, 0.6) is 0 Å². The van der Waals surface area contributed by atoms with E-state index in [1.54, 1.807) is 0 Å². The molecule has 1 aliphatic rings. The molecule has 0 radical (unpaired) electrons. The second-order valence-electron chi connectivity index (χ2n) is 4.75. The van der Waals surface area contributed by atoms with Crippen LogP contribution in [0.3, 0.4) is 0 Å². The number of aliphatic hydroxyl groups excluding tert-OH is 3. The summed E-state index contributed by atoms with van der Waals surface area (Å²) in [5.41, 5.74) is 6.30. The van der Waals surface area contributed by atoms with Gasteiger partial charge in [-0.15, -0.1) is 0 Å². The lowest BCUT2D eigenvalue weighted by Gasteiger charge is -2.17. The fraction of sp³-hybridized carbons (Fsp3) is 0.417. The third kappa shape index (κ3) is 1.93. The van der Waals surface area contributed by atoms with Gasteiger partial charge in [-0.1, -0.05) is 0 Å². The first-order chi connectivity index (χ1) is 10.1. The first kappa shape index (κ1) is 13.7. The highest BCUT2D eigenvalue weighted by molar-refractivity contribution is 5.91. The van der Waals surface area contributed by atoms with E-state index in [0.717, 1.165) is 0 Å². The zero-order chi connectivity index (χ0) is 15.1. The molecular formula is C12H13N5O4. The highest BCUT2D eigenvalue weighted by Crippen LogP contribution is 2.34. The Balaban J connectivity index is 2.14. The number of ether oxygens (including phenoxy) is 1. The first-order valence-corrected chi connectivity index (χ1v) is 6.22. The van der Waals surface area contributed by atoms with Crippen LogP contribution >= 0.6 is 0 Å². The van der Waals surface area contributed by atoms with Gasteiger partial charge < -0.3 is 30.4 Å². The number of nitrogens with two attached hydrogens (primary N) is 1. The molecule has 110 valence electrons. The van der Waals surface area contributed by atoms with Gasteiger partial charge in [0.15, 0.2) is 6.23 Å². The highest BCUT2D eigenvalue weighted by atomic mass is 16.6. The van der Waals surface area contributed by atoms with Gasteiger partial charge in [-0.3, -0.25) is 0 Å². The third-order valence-electron chi connectivity index (χ3n) is 3.55. The molecule has 2 aromatic rings. The lowest BCUT2D eigenvalue weighted by atomic mass is 10.1. The van der Waals surface area contributed by atoms with Crippen molar-refractivity contribution in [1.82, 2.24) is 14.5 Å². The molecule has 0 unspecified atom stereocenters. The lowest BCUT2D eigenvalue weighted by molar-refractivity contribution is -0.0508. The number of aromatic nitrogens is 3. The Labute approximate surface area is 118 Å². The van der Waals surface area contributed by atoms with Gasteiger partial charge in [0.1, 0.15) is 42.2 Å². The van der Waals surface area contributed by atoms with Crippen LogP contribution < -0.4 is 5.73 Å². The SMILES string of the molecule is N#Cc1cn([C@@H]2O[C@H](CO)[C@H](O)[C@@H]2O)c2ncnc(N)c12. The van der Waals surface area contributed by atoms with Crippen LogP contribution in [0.15, 0.2) is 12.5 Å². The lowest BCUT2D eigenvalue weighted by Crippen LogP contribution is -2.33. The van der Waals surface area contributed by atoms with Crippen LogP contribution in [-0.4, -0.2) is 54.8 Å². The topological polar surface area (TPSA) is 150 Å². The van der Waals surface area contributed by atoms with Crippen molar-refractivity contribution in [1.29, 1.82) is 5.26 Å². The van der Waals surface area contributed by atoms with Gasteiger partial charge in [0.25, 0.3) is 0 Å². The van der Waals surface area contributed by atoms with Gasteiger partial charge in [-0.25, -0.2) is 9.97 Å². The summed E-state index contributed by atoms with van der Waals surface area (Å²) in [6.45, 7) is -0.434. The van der Waals surface area contributed by atoms with E-state index in [4.69, 9.17) is 20.8 Å².